The topological polar surface area (TPSA) is 134 Å². The molecule has 3 unspecified atom stereocenters. The van der Waals surface area contributed by atoms with Crippen molar-refractivity contribution in [1.82, 2.24) is 19.9 Å². The maximum absolute atomic E-state index is 17.2. The average Bonchev–Trinajstić information content (AvgIpc) is 3.96. The predicted octanol–water partition coefficient (Wildman–Crippen LogP) is 5.58. The van der Waals surface area contributed by atoms with E-state index in [0.717, 1.165) is 38.6 Å². The molecule has 4 aromatic rings. The van der Waals surface area contributed by atoms with Gasteiger partial charge in [-0.3, -0.25) is 4.90 Å². The molecule has 2 aliphatic heterocycles. The Morgan fingerprint density at radius 1 is 1.06 bits per heavy atom. The van der Waals surface area contributed by atoms with Crippen molar-refractivity contribution < 1.29 is 38.3 Å². The molecule has 13 heteroatoms. The fourth-order valence-electron chi connectivity index (χ4n) is 8.68. The minimum atomic E-state index is -0.941. The minimum Gasteiger partial charge on any atom is -0.508 e. The number of anilines is 1. The molecule has 4 aliphatic rings. The van der Waals surface area contributed by atoms with E-state index < -0.39 is 23.8 Å². The highest BCUT2D eigenvalue weighted by Gasteiger charge is 2.51. The number of rotatable bonds is 8. The molecular weight excluding hydrogens is 684 g/mol. The number of aromatic nitrogens is 3. The molecule has 2 aromatic heterocycles. The molecule has 2 aliphatic carbocycles. The second-order valence-electron chi connectivity index (χ2n) is 14.3. The third kappa shape index (κ3) is 6.82. The number of terminal acetylenes is 1. The Kier molecular flexibility index (Phi) is 10.6. The molecule has 2 aromatic carbocycles. The first-order valence-electron chi connectivity index (χ1n) is 18.6. The van der Waals surface area contributed by atoms with Crippen LogP contribution in [0.5, 0.6) is 17.6 Å². The first kappa shape index (κ1) is 37.0. The lowest BCUT2D eigenvalue weighted by molar-refractivity contribution is -0.0107. The first-order valence-corrected chi connectivity index (χ1v) is 18.6. The molecule has 282 valence electrons. The number of piperidine rings is 1. The normalized spacial score (nSPS) is 24.6. The van der Waals surface area contributed by atoms with E-state index in [9.17, 15) is 15.3 Å². The zero-order valence-corrected chi connectivity index (χ0v) is 30.4. The van der Waals surface area contributed by atoms with Crippen LogP contribution in [0.25, 0.3) is 32.9 Å². The SMILES string of the molecule is C#Cc1c(F)ccc2cc(O)cc(-c3nc(OC)c4c(N5CC(O)CO[C@@H](CO)C5)nc(OCC56CCCC5N(C5CC5)CCC6)nc4c3F)c12.CC. The van der Waals surface area contributed by atoms with E-state index in [2.05, 4.69) is 20.8 Å². The van der Waals surface area contributed by atoms with Gasteiger partial charge in [-0.1, -0.05) is 32.3 Å². The van der Waals surface area contributed by atoms with Gasteiger partial charge in [-0.2, -0.15) is 9.97 Å². The van der Waals surface area contributed by atoms with Crippen LogP contribution in [0, 0.1) is 29.4 Å². The second-order valence-corrected chi connectivity index (χ2v) is 14.3. The van der Waals surface area contributed by atoms with Crippen LogP contribution >= 0.6 is 0 Å². The van der Waals surface area contributed by atoms with Crippen LogP contribution in [-0.2, 0) is 4.74 Å². The smallest absolute Gasteiger partial charge is 0.319 e. The van der Waals surface area contributed by atoms with Crippen molar-refractivity contribution in [1.29, 1.82) is 0 Å². The number of phenols is 1. The summed E-state index contributed by atoms with van der Waals surface area (Å²) in [6, 6.07) is 6.32. The van der Waals surface area contributed by atoms with E-state index in [1.54, 1.807) is 4.90 Å². The van der Waals surface area contributed by atoms with Gasteiger partial charge in [0.1, 0.15) is 34.0 Å². The molecule has 8 rings (SSSR count). The lowest BCUT2D eigenvalue weighted by Gasteiger charge is -2.46. The molecule has 2 saturated heterocycles. The first-order chi connectivity index (χ1) is 25.7. The maximum atomic E-state index is 17.2. The largest absolute Gasteiger partial charge is 0.508 e. The zero-order valence-electron chi connectivity index (χ0n) is 30.4. The summed E-state index contributed by atoms with van der Waals surface area (Å²) in [5.41, 5.74) is -0.596. The van der Waals surface area contributed by atoms with Gasteiger partial charge >= 0.3 is 6.01 Å². The number of fused-ring (bicyclic) bond motifs is 3. The number of halogens is 2. The van der Waals surface area contributed by atoms with Crippen LogP contribution in [0.15, 0.2) is 24.3 Å². The van der Waals surface area contributed by atoms with Crippen molar-refractivity contribution >= 4 is 27.5 Å². The van der Waals surface area contributed by atoms with Crippen molar-refractivity contribution in [3.8, 4) is 41.2 Å². The molecule has 4 heterocycles. The Balaban J connectivity index is 0.00000214. The Bertz CT molecular complexity index is 2040. The lowest BCUT2D eigenvalue weighted by Crippen LogP contribution is -2.52. The average molecular weight is 732 g/mol. The number of aliphatic hydroxyl groups excluding tert-OH is 2. The Morgan fingerprint density at radius 3 is 2.58 bits per heavy atom. The fourth-order valence-corrected chi connectivity index (χ4v) is 8.68. The standard InChI is InChI=1S/C38H41F2N5O6.C2H6/c1-3-26-28(39)10-7-21-14-23(47)15-27(30(21)26)33-32(40)34-31(36(41-33)49-2)35(44-16-24(48)19-50-25(17-44)18-46)43-37(42-34)51-20-38-11-4-6-29(38)45(13-5-12-38)22-8-9-22;1-2/h1,7,10,14-15,22,24-25,29,46-48H,4-6,8-9,11-13,16-20H2,2H3;1-2H3/t24?,25-,29?,38?;/m1./s1. The van der Waals surface area contributed by atoms with Gasteiger partial charge in [0.15, 0.2) is 5.82 Å². The van der Waals surface area contributed by atoms with E-state index in [1.165, 1.54) is 44.2 Å². The third-order valence-electron chi connectivity index (χ3n) is 11.1. The van der Waals surface area contributed by atoms with Crippen LogP contribution < -0.4 is 14.4 Å². The number of aliphatic hydroxyl groups is 2. The van der Waals surface area contributed by atoms with Gasteiger partial charge in [-0.15, -0.1) is 6.42 Å². The molecule has 53 heavy (non-hydrogen) atoms. The number of pyridine rings is 1. The van der Waals surface area contributed by atoms with E-state index >= 15 is 8.78 Å². The summed E-state index contributed by atoms with van der Waals surface area (Å²) in [6.45, 7) is 5.30. The van der Waals surface area contributed by atoms with E-state index in [1.807, 2.05) is 13.8 Å². The highest BCUT2D eigenvalue weighted by molar-refractivity contribution is 6.04. The zero-order chi connectivity index (χ0) is 37.4. The number of benzene rings is 2. The van der Waals surface area contributed by atoms with Crippen molar-refractivity contribution in [3.63, 3.8) is 0 Å². The quantitative estimate of drug-likeness (QED) is 0.196. The van der Waals surface area contributed by atoms with Gasteiger partial charge in [0.05, 0.1) is 44.7 Å². The predicted molar refractivity (Wildman–Crippen MR) is 197 cm³/mol. The molecule has 0 spiro atoms. The third-order valence-corrected chi connectivity index (χ3v) is 11.1. The number of nitrogens with zero attached hydrogens (tertiary/aromatic N) is 5. The van der Waals surface area contributed by atoms with Crippen LogP contribution in [0.4, 0.5) is 14.6 Å². The van der Waals surface area contributed by atoms with E-state index in [0.29, 0.717) is 24.1 Å². The molecule has 11 nitrogen and oxygen atoms in total. The van der Waals surface area contributed by atoms with Crippen LogP contribution in [0.3, 0.4) is 0 Å². The van der Waals surface area contributed by atoms with Crippen molar-refractivity contribution in [2.75, 3.05) is 51.5 Å². The summed E-state index contributed by atoms with van der Waals surface area (Å²) in [5.74, 6) is 0.721. The van der Waals surface area contributed by atoms with Gasteiger partial charge in [0.25, 0.3) is 0 Å². The van der Waals surface area contributed by atoms with Gasteiger partial charge in [0, 0.05) is 41.5 Å². The Hall–Kier alpha value is -4.35. The van der Waals surface area contributed by atoms with E-state index in [4.69, 9.17) is 25.6 Å². The summed E-state index contributed by atoms with van der Waals surface area (Å²) < 4.78 is 50.2. The van der Waals surface area contributed by atoms with Gasteiger partial charge in [-0.25, -0.2) is 13.8 Å². The number of aromatic hydroxyl groups is 1. The number of hydrogen-bond donors (Lipinski definition) is 3. The van der Waals surface area contributed by atoms with Gasteiger partial charge in [-0.05, 0) is 68.7 Å². The summed E-state index contributed by atoms with van der Waals surface area (Å²) in [6.07, 6.45) is 11.9. The molecule has 4 fully saturated rings. The molecule has 4 atom stereocenters. The number of ether oxygens (including phenoxy) is 3. The van der Waals surface area contributed by atoms with Crippen LogP contribution in [-0.4, -0.2) is 106 Å². The second kappa shape index (κ2) is 15.2. The molecule has 3 N–H and O–H groups in total. The Morgan fingerprint density at radius 2 is 1.85 bits per heavy atom. The Labute approximate surface area is 307 Å². The molecule has 0 bridgehead atoms. The molecule has 0 radical (unpaired) electrons. The van der Waals surface area contributed by atoms with E-state index in [-0.39, 0.29) is 88.3 Å². The summed E-state index contributed by atoms with van der Waals surface area (Å²) in [5, 5.41) is 32.2. The van der Waals surface area contributed by atoms with Crippen molar-refractivity contribution in [2.24, 2.45) is 5.41 Å². The number of β-amino-alcohol motifs (C(OH)–C–C–N with tert-alkyl or cyclic N) is 1. The minimum absolute atomic E-state index is 0.0119. The van der Waals surface area contributed by atoms with Gasteiger partial charge < -0.3 is 34.4 Å². The highest BCUT2D eigenvalue weighted by Crippen LogP contribution is 2.51. The molecular formula is C40H47F2N5O6. The highest BCUT2D eigenvalue weighted by atomic mass is 19.1. The summed E-state index contributed by atoms with van der Waals surface area (Å²) in [4.78, 5) is 18.4. The number of phenolic OH excluding ortho intramolecular Hbond substituents is 1. The maximum Gasteiger partial charge on any atom is 0.319 e. The number of likely N-dealkylation sites (tertiary alicyclic amines) is 1. The van der Waals surface area contributed by atoms with Crippen molar-refractivity contribution in [2.45, 2.75) is 83.1 Å². The monoisotopic (exact) mass is 731 g/mol. The fraction of sp³-hybridized carbons (Fsp3) is 0.525. The van der Waals surface area contributed by atoms with Crippen LogP contribution in [0.2, 0.25) is 0 Å². The van der Waals surface area contributed by atoms with Crippen LogP contribution in [0.1, 0.15) is 64.4 Å². The van der Waals surface area contributed by atoms with Gasteiger partial charge in [0.2, 0.25) is 5.88 Å². The number of methoxy groups -OCH3 is 1. The van der Waals surface area contributed by atoms with Crippen molar-refractivity contribution in [3.05, 3.63) is 41.5 Å². The molecule has 0 amide bonds. The lowest BCUT2D eigenvalue weighted by atomic mass is 9.75. The summed E-state index contributed by atoms with van der Waals surface area (Å²) in [7, 11) is 1.37. The summed E-state index contributed by atoms with van der Waals surface area (Å²) >= 11 is 0. The number of hydrogen-bond acceptors (Lipinski definition) is 11. The molecule has 2 saturated carbocycles.